The SMILES string of the molecule is C=C(Br)C[C@H](NC(=O)[C@@H]1Cc2ccccc2CN1C(=O)OCc1ccccc1)C(=O)O. The molecule has 3 rings (SSSR count). The van der Waals surface area contributed by atoms with Gasteiger partial charge in [-0.05, 0) is 21.2 Å². The van der Waals surface area contributed by atoms with Crippen molar-refractivity contribution in [1.82, 2.24) is 10.2 Å². The predicted octanol–water partition coefficient (Wildman–Crippen LogP) is 3.62. The Bertz CT molecular complexity index is 979. The Balaban J connectivity index is 1.78. The van der Waals surface area contributed by atoms with Crippen molar-refractivity contribution < 1.29 is 24.2 Å². The lowest BCUT2D eigenvalue weighted by Crippen LogP contribution is -2.55. The van der Waals surface area contributed by atoms with Gasteiger partial charge in [0.2, 0.25) is 5.91 Å². The Morgan fingerprint density at radius 1 is 1.13 bits per heavy atom. The van der Waals surface area contributed by atoms with Crippen molar-refractivity contribution in [3.05, 3.63) is 82.3 Å². The van der Waals surface area contributed by atoms with Crippen molar-refractivity contribution in [2.75, 3.05) is 0 Å². The summed E-state index contributed by atoms with van der Waals surface area (Å²) in [6.07, 6.45) is -0.331. The topological polar surface area (TPSA) is 95.9 Å². The summed E-state index contributed by atoms with van der Waals surface area (Å²) in [6.45, 7) is 3.92. The van der Waals surface area contributed by atoms with E-state index >= 15 is 0 Å². The molecule has 0 spiro atoms. The molecule has 2 aromatic rings. The van der Waals surface area contributed by atoms with Gasteiger partial charge in [-0.1, -0.05) is 77.1 Å². The summed E-state index contributed by atoms with van der Waals surface area (Å²) >= 11 is 3.13. The van der Waals surface area contributed by atoms with E-state index in [1.54, 1.807) is 0 Å². The van der Waals surface area contributed by atoms with Crippen LogP contribution in [0.5, 0.6) is 0 Å². The molecule has 0 bridgehead atoms. The number of benzene rings is 2. The van der Waals surface area contributed by atoms with Crippen LogP contribution in [0.4, 0.5) is 4.79 Å². The maximum atomic E-state index is 13.0. The number of carboxylic acids is 1. The van der Waals surface area contributed by atoms with E-state index < -0.39 is 30.1 Å². The van der Waals surface area contributed by atoms with E-state index in [0.717, 1.165) is 16.7 Å². The summed E-state index contributed by atoms with van der Waals surface area (Å²) in [5.74, 6) is -1.73. The normalized spacial score (nSPS) is 16.0. The number of amides is 2. The van der Waals surface area contributed by atoms with Gasteiger partial charge in [0.05, 0.1) is 6.54 Å². The van der Waals surface area contributed by atoms with Crippen molar-refractivity contribution in [3.63, 3.8) is 0 Å². The van der Waals surface area contributed by atoms with E-state index in [2.05, 4.69) is 27.8 Å². The number of nitrogens with one attached hydrogen (secondary N) is 1. The molecule has 8 heteroatoms. The van der Waals surface area contributed by atoms with Crippen LogP contribution in [-0.2, 0) is 33.9 Å². The first-order chi connectivity index (χ1) is 14.8. The molecule has 2 aromatic carbocycles. The van der Waals surface area contributed by atoms with Gasteiger partial charge in [0.15, 0.2) is 0 Å². The van der Waals surface area contributed by atoms with Crippen LogP contribution in [0.15, 0.2) is 65.7 Å². The Hall–Kier alpha value is -3.13. The van der Waals surface area contributed by atoms with Crippen LogP contribution < -0.4 is 5.32 Å². The molecule has 0 radical (unpaired) electrons. The molecule has 2 atom stereocenters. The molecule has 162 valence electrons. The number of nitrogens with zero attached hydrogens (tertiary/aromatic N) is 1. The second-order valence-corrected chi connectivity index (χ2v) is 8.40. The number of rotatable bonds is 7. The minimum atomic E-state index is -1.18. The number of carbonyl (C=O) groups excluding carboxylic acids is 2. The number of carbonyl (C=O) groups is 3. The Labute approximate surface area is 188 Å². The highest BCUT2D eigenvalue weighted by Gasteiger charge is 2.37. The van der Waals surface area contributed by atoms with E-state index in [1.807, 2.05) is 54.6 Å². The fraction of sp³-hybridized carbons (Fsp3) is 0.261. The van der Waals surface area contributed by atoms with Gasteiger partial charge >= 0.3 is 12.1 Å². The summed E-state index contributed by atoms with van der Waals surface area (Å²) in [4.78, 5) is 38.8. The summed E-state index contributed by atoms with van der Waals surface area (Å²) in [6, 6.07) is 14.7. The molecule has 1 aliphatic heterocycles. The molecule has 0 aliphatic carbocycles. The molecule has 0 fully saturated rings. The lowest BCUT2D eigenvalue weighted by molar-refractivity contribution is -0.142. The predicted molar refractivity (Wildman–Crippen MR) is 118 cm³/mol. The van der Waals surface area contributed by atoms with Gasteiger partial charge in [-0.2, -0.15) is 0 Å². The Morgan fingerprint density at radius 2 is 1.77 bits per heavy atom. The second-order valence-electron chi connectivity index (χ2n) is 7.28. The Morgan fingerprint density at radius 3 is 2.42 bits per heavy atom. The third-order valence-electron chi connectivity index (χ3n) is 5.03. The average Bonchev–Trinajstić information content (AvgIpc) is 2.76. The first-order valence-corrected chi connectivity index (χ1v) is 10.5. The molecule has 7 nitrogen and oxygen atoms in total. The van der Waals surface area contributed by atoms with Gasteiger partial charge in [-0.25, -0.2) is 9.59 Å². The highest BCUT2D eigenvalue weighted by molar-refractivity contribution is 9.11. The quantitative estimate of drug-likeness (QED) is 0.622. The van der Waals surface area contributed by atoms with E-state index in [-0.39, 0.29) is 26.0 Å². The zero-order valence-electron chi connectivity index (χ0n) is 16.8. The highest BCUT2D eigenvalue weighted by atomic mass is 79.9. The molecule has 0 unspecified atom stereocenters. The molecule has 0 saturated carbocycles. The van der Waals surface area contributed by atoms with E-state index in [0.29, 0.717) is 4.48 Å². The maximum Gasteiger partial charge on any atom is 0.411 e. The van der Waals surface area contributed by atoms with Crippen LogP contribution in [0, 0.1) is 0 Å². The Kier molecular flexibility index (Phi) is 7.46. The van der Waals surface area contributed by atoms with Gasteiger partial charge in [-0.3, -0.25) is 9.69 Å². The number of fused-ring (bicyclic) bond motifs is 1. The van der Waals surface area contributed by atoms with Crippen LogP contribution in [0.3, 0.4) is 0 Å². The van der Waals surface area contributed by atoms with Gasteiger partial charge in [0, 0.05) is 12.8 Å². The zero-order valence-corrected chi connectivity index (χ0v) is 18.4. The number of hydrogen-bond donors (Lipinski definition) is 2. The van der Waals surface area contributed by atoms with Crippen LogP contribution in [0.25, 0.3) is 0 Å². The summed E-state index contributed by atoms with van der Waals surface area (Å²) < 4.78 is 5.90. The fourth-order valence-electron chi connectivity index (χ4n) is 3.44. The van der Waals surface area contributed by atoms with Crippen molar-refractivity contribution in [2.24, 2.45) is 0 Å². The molecule has 0 aromatic heterocycles. The average molecular weight is 487 g/mol. The monoisotopic (exact) mass is 486 g/mol. The molecular formula is C23H23BrN2O5. The molecule has 1 heterocycles. The maximum absolute atomic E-state index is 13.0. The minimum absolute atomic E-state index is 0.0306. The minimum Gasteiger partial charge on any atom is -0.480 e. The van der Waals surface area contributed by atoms with E-state index in [4.69, 9.17) is 4.74 Å². The first kappa shape index (κ1) is 22.6. The number of carboxylic acid groups (broad SMARTS) is 1. The summed E-state index contributed by atoms with van der Waals surface area (Å²) in [5.41, 5.74) is 2.69. The van der Waals surface area contributed by atoms with Gasteiger partial charge in [0.25, 0.3) is 0 Å². The van der Waals surface area contributed by atoms with E-state index in [9.17, 15) is 19.5 Å². The molecule has 31 heavy (non-hydrogen) atoms. The standard InChI is InChI=1S/C23H23BrN2O5/c1-15(24)11-19(22(28)29)25-21(27)20-12-17-9-5-6-10-18(17)13-26(20)23(30)31-14-16-7-3-2-4-8-16/h2-10,19-20H,1,11-14H2,(H,25,27)(H,28,29)/t19-,20-/m0/s1. The van der Waals surface area contributed by atoms with Gasteiger partial charge in [0.1, 0.15) is 18.7 Å². The number of ether oxygens (including phenoxy) is 1. The van der Waals surface area contributed by atoms with Crippen molar-refractivity contribution in [1.29, 1.82) is 0 Å². The summed E-state index contributed by atoms with van der Waals surface area (Å²) in [5, 5.41) is 12.0. The van der Waals surface area contributed by atoms with Gasteiger partial charge < -0.3 is 15.2 Å². The molecule has 1 aliphatic rings. The van der Waals surface area contributed by atoms with E-state index in [1.165, 1.54) is 4.90 Å². The lowest BCUT2D eigenvalue weighted by Gasteiger charge is -2.35. The molecular weight excluding hydrogens is 464 g/mol. The van der Waals surface area contributed by atoms with Crippen molar-refractivity contribution in [2.45, 2.75) is 38.1 Å². The smallest absolute Gasteiger partial charge is 0.411 e. The fourth-order valence-corrected chi connectivity index (χ4v) is 3.76. The number of hydrogen-bond acceptors (Lipinski definition) is 4. The highest BCUT2D eigenvalue weighted by Crippen LogP contribution is 2.25. The third-order valence-corrected chi connectivity index (χ3v) is 5.35. The first-order valence-electron chi connectivity index (χ1n) is 9.75. The largest absolute Gasteiger partial charge is 0.480 e. The van der Waals surface area contributed by atoms with Crippen LogP contribution in [0.1, 0.15) is 23.1 Å². The number of halogens is 1. The second kappa shape index (κ2) is 10.3. The van der Waals surface area contributed by atoms with Crippen molar-refractivity contribution >= 4 is 33.9 Å². The third kappa shape index (κ3) is 5.95. The zero-order chi connectivity index (χ0) is 22.4. The van der Waals surface area contributed by atoms with Crippen LogP contribution >= 0.6 is 15.9 Å². The van der Waals surface area contributed by atoms with Crippen LogP contribution in [0.2, 0.25) is 0 Å². The summed E-state index contributed by atoms with van der Waals surface area (Å²) in [7, 11) is 0. The van der Waals surface area contributed by atoms with Crippen LogP contribution in [-0.4, -0.2) is 40.1 Å². The lowest BCUT2D eigenvalue weighted by atomic mass is 9.93. The molecule has 2 amide bonds. The molecule has 2 N–H and O–H groups in total. The number of aliphatic carboxylic acids is 1. The van der Waals surface area contributed by atoms with Gasteiger partial charge in [-0.15, -0.1) is 0 Å². The van der Waals surface area contributed by atoms with Crippen molar-refractivity contribution in [3.8, 4) is 0 Å². The molecule has 0 saturated heterocycles.